The average Bonchev–Trinajstić information content (AvgIpc) is 2.96. The molecule has 12 heteroatoms. The quantitative estimate of drug-likeness (QED) is 0.115. The number of nitrogens with one attached hydrogen (secondary N) is 2. The maximum Gasteiger partial charge on any atom is 0.249 e. The maximum absolute atomic E-state index is 12.8. The number of hydrogen-bond acceptors (Lipinski definition) is 8. The molecule has 0 saturated carbocycles. The molecule has 0 fully saturated rings. The second kappa shape index (κ2) is 23.1. The summed E-state index contributed by atoms with van der Waals surface area (Å²) < 4.78 is 22.7. The Hall–Kier alpha value is -3.32. The first kappa shape index (κ1) is 41.7. The fourth-order valence-electron chi connectivity index (χ4n) is 3.73. The van der Waals surface area contributed by atoms with Crippen LogP contribution in [0, 0.1) is 0 Å². The van der Waals surface area contributed by atoms with E-state index in [0.717, 1.165) is 0 Å². The van der Waals surface area contributed by atoms with Gasteiger partial charge in [-0.25, -0.2) is 0 Å². The first-order valence-corrected chi connectivity index (χ1v) is 15.2. The van der Waals surface area contributed by atoms with E-state index >= 15 is 0 Å². The number of hydrogen-bond donors (Lipinski definition) is 2. The third-order valence-corrected chi connectivity index (χ3v) is 6.29. The fraction of sp³-hybridized carbons (Fsp3) is 0.636. The molecular formula is C33H56N4O8. The van der Waals surface area contributed by atoms with E-state index in [1.54, 1.807) is 37.5 Å². The highest BCUT2D eigenvalue weighted by molar-refractivity contribution is 5.93. The lowest BCUT2D eigenvalue weighted by molar-refractivity contribution is -0.131. The zero-order valence-corrected chi connectivity index (χ0v) is 28.5. The predicted molar refractivity (Wildman–Crippen MR) is 175 cm³/mol. The molecule has 256 valence electrons. The standard InChI is InChI=1S/C33H56N4O8/c1-23(2)30(38)34-27(9)20-43-17-14-37(33(41)26(7)8)29(11)22-44-16-13-36(32(40)25(5)6)12-15-42-18-19-45-21-28(10)35-31(39)24(3)4/h27-29H,1,3,5,7,12-22H2,2,4,6,8-11H3,(H,34,38)(H,35,39). The number of carbonyl (C=O) groups is 4. The summed E-state index contributed by atoms with van der Waals surface area (Å²) in [6, 6.07) is -0.639. The summed E-state index contributed by atoms with van der Waals surface area (Å²) in [5.74, 6) is -0.839. The fourth-order valence-corrected chi connectivity index (χ4v) is 3.73. The summed E-state index contributed by atoms with van der Waals surface area (Å²) in [6.07, 6.45) is 0. The number of ether oxygens (including phenoxy) is 4. The number of carbonyl (C=O) groups excluding carboxylic acids is 4. The number of rotatable bonds is 25. The SMILES string of the molecule is C=C(C)C(=O)NC(C)COCCOCCN(CCOCC(C)N(CCOCC(C)NC(=O)C(=C)C)C(=O)C(=C)C)C(=O)C(=C)C. The Morgan fingerprint density at radius 2 is 0.956 bits per heavy atom. The van der Waals surface area contributed by atoms with E-state index in [1.165, 1.54) is 0 Å². The van der Waals surface area contributed by atoms with Crippen molar-refractivity contribution in [1.29, 1.82) is 0 Å². The van der Waals surface area contributed by atoms with Gasteiger partial charge >= 0.3 is 0 Å². The Balaban J connectivity index is 4.63. The summed E-state index contributed by atoms with van der Waals surface area (Å²) in [6.45, 7) is 30.3. The van der Waals surface area contributed by atoms with Crippen molar-refractivity contribution in [2.75, 3.05) is 72.5 Å². The van der Waals surface area contributed by atoms with Crippen molar-refractivity contribution in [3.63, 3.8) is 0 Å². The summed E-state index contributed by atoms with van der Waals surface area (Å²) in [5.41, 5.74) is 1.67. The minimum atomic E-state index is -0.274. The van der Waals surface area contributed by atoms with Gasteiger partial charge in [-0.3, -0.25) is 19.2 Å². The van der Waals surface area contributed by atoms with Crippen LogP contribution in [-0.4, -0.2) is 124 Å². The zero-order valence-electron chi connectivity index (χ0n) is 28.5. The molecule has 0 aliphatic heterocycles. The van der Waals surface area contributed by atoms with E-state index in [4.69, 9.17) is 18.9 Å². The summed E-state index contributed by atoms with van der Waals surface area (Å²) in [4.78, 5) is 52.1. The molecule has 0 aliphatic rings. The summed E-state index contributed by atoms with van der Waals surface area (Å²) >= 11 is 0. The molecule has 0 aromatic rings. The van der Waals surface area contributed by atoms with Crippen LogP contribution in [0.5, 0.6) is 0 Å². The van der Waals surface area contributed by atoms with Crippen LogP contribution in [0.25, 0.3) is 0 Å². The van der Waals surface area contributed by atoms with Gasteiger partial charge in [-0.05, 0) is 48.5 Å². The van der Waals surface area contributed by atoms with Crippen molar-refractivity contribution >= 4 is 23.6 Å². The molecule has 45 heavy (non-hydrogen) atoms. The van der Waals surface area contributed by atoms with Crippen LogP contribution in [0.4, 0.5) is 0 Å². The Labute approximate surface area is 269 Å². The van der Waals surface area contributed by atoms with Crippen molar-refractivity contribution in [2.24, 2.45) is 0 Å². The topological polar surface area (TPSA) is 136 Å². The Morgan fingerprint density at radius 1 is 0.556 bits per heavy atom. The van der Waals surface area contributed by atoms with Gasteiger partial charge in [-0.1, -0.05) is 26.3 Å². The van der Waals surface area contributed by atoms with Gasteiger partial charge < -0.3 is 39.4 Å². The van der Waals surface area contributed by atoms with Crippen LogP contribution in [0.1, 0.15) is 48.5 Å². The highest BCUT2D eigenvalue weighted by Crippen LogP contribution is 2.07. The Bertz CT molecular complexity index is 1030. The molecular weight excluding hydrogens is 580 g/mol. The lowest BCUT2D eigenvalue weighted by Crippen LogP contribution is -2.44. The molecule has 4 amide bonds. The molecule has 0 aromatic heterocycles. The average molecular weight is 637 g/mol. The van der Waals surface area contributed by atoms with E-state index in [1.807, 2.05) is 20.8 Å². The first-order valence-electron chi connectivity index (χ1n) is 15.2. The van der Waals surface area contributed by atoms with Gasteiger partial charge in [-0.2, -0.15) is 0 Å². The van der Waals surface area contributed by atoms with Gasteiger partial charge in [0.25, 0.3) is 0 Å². The summed E-state index contributed by atoms with van der Waals surface area (Å²) in [5, 5.41) is 5.56. The number of amides is 4. The highest BCUT2D eigenvalue weighted by Gasteiger charge is 2.21. The van der Waals surface area contributed by atoms with Crippen molar-refractivity contribution in [3.8, 4) is 0 Å². The van der Waals surface area contributed by atoms with E-state index in [9.17, 15) is 19.2 Å². The minimum Gasteiger partial charge on any atom is -0.377 e. The largest absolute Gasteiger partial charge is 0.377 e. The zero-order chi connectivity index (χ0) is 34.5. The Kier molecular flexibility index (Phi) is 21.4. The first-order chi connectivity index (χ1) is 21.1. The van der Waals surface area contributed by atoms with E-state index in [-0.39, 0.29) is 68.2 Å². The normalized spacial score (nSPS) is 12.8. The number of nitrogens with zero attached hydrogens (tertiary/aromatic N) is 2. The smallest absolute Gasteiger partial charge is 0.249 e. The molecule has 0 aromatic carbocycles. The minimum absolute atomic E-state index is 0.156. The van der Waals surface area contributed by atoms with E-state index in [2.05, 4.69) is 36.9 Å². The monoisotopic (exact) mass is 636 g/mol. The van der Waals surface area contributed by atoms with Crippen LogP contribution in [-0.2, 0) is 38.1 Å². The van der Waals surface area contributed by atoms with Crippen LogP contribution >= 0.6 is 0 Å². The van der Waals surface area contributed by atoms with Gasteiger partial charge in [0, 0.05) is 54.0 Å². The van der Waals surface area contributed by atoms with Crippen molar-refractivity contribution in [3.05, 3.63) is 48.6 Å². The van der Waals surface area contributed by atoms with Crippen molar-refractivity contribution in [1.82, 2.24) is 20.4 Å². The van der Waals surface area contributed by atoms with Crippen molar-refractivity contribution < 1.29 is 38.1 Å². The molecule has 2 N–H and O–H groups in total. The molecule has 0 aliphatic carbocycles. The molecule has 12 nitrogen and oxygen atoms in total. The summed E-state index contributed by atoms with van der Waals surface area (Å²) in [7, 11) is 0. The lowest BCUT2D eigenvalue weighted by Gasteiger charge is -2.30. The third-order valence-electron chi connectivity index (χ3n) is 6.29. The molecule has 0 saturated heterocycles. The van der Waals surface area contributed by atoms with E-state index < -0.39 is 0 Å². The molecule has 0 rings (SSSR count). The van der Waals surface area contributed by atoms with Crippen LogP contribution in [0.15, 0.2) is 48.6 Å². The lowest BCUT2D eigenvalue weighted by atomic mass is 10.2. The van der Waals surface area contributed by atoms with Crippen molar-refractivity contribution in [2.45, 2.75) is 66.6 Å². The van der Waals surface area contributed by atoms with Crippen LogP contribution in [0.3, 0.4) is 0 Å². The van der Waals surface area contributed by atoms with Gasteiger partial charge in [0.1, 0.15) is 0 Å². The molecule has 0 heterocycles. The van der Waals surface area contributed by atoms with Crippen LogP contribution < -0.4 is 10.6 Å². The van der Waals surface area contributed by atoms with E-state index in [0.29, 0.717) is 68.4 Å². The van der Waals surface area contributed by atoms with Crippen LogP contribution in [0.2, 0.25) is 0 Å². The van der Waals surface area contributed by atoms with Gasteiger partial charge in [0.05, 0.1) is 58.9 Å². The van der Waals surface area contributed by atoms with Gasteiger partial charge in [0.15, 0.2) is 0 Å². The Morgan fingerprint density at radius 3 is 1.42 bits per heavy atom. The molecule has 0 spiro atoms. The molecule has 0 bridgehead atoms. The third kappa shape index (κ3) is 18.9. The highest BCUT2D eigenvalue weighted by atomic mass is 16.5. The predicted octanol–water partition coefficient (Wildman–Crippen LogP) is 2.41. The maximum atomic E-state index is 12.8. The second-order valence-corrected chi connectivity index (χ2v) is 11.3. The second-order valence-electron chi connectivity index (χ2n) is 11.3. The van der Waals surface area contributed by atoms with Gasteiger partial charge in [-0.15, -0.1) is 0 Å². The van der Waals surface area contributed by atoms with Gasteiger partial charge in [0.2, 0.25) is 23.6 Å². The molecule has 3 unspecified atom stereocenters. The molecule has 3 atom stereocenters. The molecule has 0 radical (unpaired) electrons.